The van der Waals surface area contributed by atoms with Crippen LogP contribution >= 0.6 is 11.3 Å². The molecule has 1 aliphatic rings. The monoisotopic (exact) mass is 290 g/mol. The molecule has 3 rings (SSSR count). The minimum atomic E-state index is 0.0797. The van der Waals surface area contributed by atoms with Crippen molar-refractivity contribution in [1.82, 2.24) is 14.9 Å². The zero-order valence-corrected chi connectivity index (χ0v) is 12.8. The molecule has 1 saturated heterocycles. The first-order valence-electron chi connectivity index (χ1n) is 6.73. The maximum Gasteiger partial charge on any atom is 0.227 e. The van der Waals surface area contributed by atoms with Crippen LogP contribution in [0, 0.1) is 12.8 Å². The second-order valence-electron chi connectivity index (χ2n) is 5.46. The predicted octanol–water partition coefficient (Wildman–Crippen LogP) is 1.91. The summed E-state index contributed by atoms with van der Waals surface area (Å²) in [6.45, 7) is 3.70. The lowest BCUT2D eigenvalue weighted by atomic mass is 10.1. The highest BCUT2D eigenvalue weighted by atomic mass is 32.1. The summed E-state index contributed by atoms with van der Waals surface area (Å²) in [5, 5.41) is 2.11. The van der Waals surface area contributed by atoms with Gasteiger partial charge < -0.3 is 9.80 Å². The summed E-state index contributed by atoms with van der Waals surface area (Å²) < 4.78 is 1.13. The Labute approximate surface area is 122 Å². The number of fused-ring (bicyclic) bond motifs is 1. The molecule has 106 valence electrons. The normalized spacial score (nSPS) is 18.8. The fourth-order valence-corrected chi connectivity index (χ4v) is 3.72. The lowest BCUT2D eigenvalue weighted by Gasteiger charge is -2.19. The largest absolute Gasteiger partial charge is 0.355 e. The van der Waals surface area contributed by atoms with E-state index in [0.29, 0.717) is 0 Å². The van der Waals surface area contributed by atoms with Gasteiger partial charge in [0.1, 0.15) is 12.1 Å². The minimum Gasteiger partial charge on any atom is -0.355 e. The maximum atomic E-state index is 12.1. The smallest absolute Gasteiger partial charge is 0.227 e. The molecule has 0 spiro atoms. The molecule has 1 unspecified atom stereocenters. The van der Waals surface area contributed by atoms with Crippen LogP contribution in [0.25, 0.3) is 10.2 Å². The molecular formula is C14H18N4OS. The van der Waals surface area contributed by atoms with E-state index < -0.39 is 0 Å². The summed E-state index contributed by atoms with van der Waals surface area (Å²) in [7, 11) is 3.63. The van der Waals surface area contributed by atoms with Gasteiger partial charge in [-0.3, -0.25) is 4.79 Å². The van der Waals surface area contributed by atoms with Crippen LogP contribution in [0.1, 0.15) is 12.0 Å². The zero-order chi connectivity index (χ0) is 14.3. The summed E-state index contributed by atoms with van der Waals surface area (Å²) in [4.78, 5) is 24.7. The van der Waals surface area contributed by atoms with E-state index in [9.17, 15) is 4.79 Å². The number of thiophene rings is 1. The molecule has 6 heteroatoms. The Kier molecular flexibility index (Phi) is 3.33. The first-order chi connectivity index (χ1) is 9.58. The number of nitrogens with zero attached hydrogens (tertiary/aromatic N) is 4. The van der Waals surface area contributed by atoms with Gasteiger partial charge in [-0.05, 0) is 24.3 Å². The summed E-state index contributed by atoms with van der Waals surface area (Å²) >= 11 is 1.68. The summed E-state index contributed by atoms with van der Waals surface area (Å²) in [6.07, 6.45) is 2.52. The molecule has 0 bridgehead atoms. The number of aryl methyl sites for hydroxylation is 1. The first-order valence-corrected chi connectivity index (χ1v) is 7.61. The van der Waals surface area contributed by atoms with E-state index in [1.54, 1.807) is 22.6 Å². The molecule has 5 nitrogen and oxygen atoms in total. The molecule has 3 heterocycles. The van der Waals surface area contributed by atoms with E-state index in [2.05, 4.69) is 27.2 Å². The Bertz CT molecular complexity index is 652. The molecule has 1 amide bonds. The third-order valence-electron chi connectivity index (χ3n) is 3.79. The lowest BCUT2D eigenvalue weighted by Crippen LogP contribution is -2.32. The molecular weight excluding hydrogens is 272 g/mol. The SMILES string of the molecule is Cc1csc2c(N3CCC(C(=O)N(C)C)C3)ncnc12. The molecule has 0 radical (unpaired) electrons. The van der Waals surface area contributed by atoms with Gasteiger partial charge in [0.05, 0.1) is 16.1 Å². The van der Waals surface area contributed by atoms with Crippen molar-refractivity contribution in [2.75, 3.05) is 32.1 Å². The van der Waals surface area contributed by atoms with Crippen molar-refractivity contribution in [3.8, 4) is 0 Å². The van der Waals surface area contributed by atoms with Gasteiger partial charge in [-0.2, -0.15) is 0 Å². The Hall–Kier alpha value is -1.69. The average Bonchev–Trinajstić information content (AvgIpc) is 3.05. The number of amides is 1. The van der Waals surface area contributed by atoms with Crippen molar-refractivity contribution in [2.45, 2.75) is 13.3 Å². The minimum absolute atomic E-state index is 0.0797. The van der Waals surface area contributed by atoms with E-state index in [1.807, 2.05) is 14.1 Å². The van der Waals surface area contributed by atoms with Crippen LogP contribution in [0.4, 0.5) is 5.82 Å². The molecule has 1 fully saturated rings. The first kappa shape index (κ1) is 13.3. The third-order valence-corrected chi connectivity index (χ3v) is 4.87. The van der Waals surface area contributed by atoms with E-state index in [0.717, 1.165) is 35.5 Å². The zero-order valence-electron chi connectivity index (χ0n) is 12.0. The van der Waals surface area contributed by atoms with Crippen molar-refractivity contribution < 1.29 is 4.79 Å². The van der Waals surface area contributed by atoms with Crippen LogP contribution in [0.15, 0.2) is 11.7 Å². The fraction of sp³-hybridized carbons (Fsp3) is 0.500. The molecule has 0 aliphatic carbocycles. The highest BCUT2D eigenvalue weighted by molar-refractivity contribution is 7.18. The predicted molar refractivity (Wildman–Crippen MR) is 81.2 cm³/mol. The number of anilines is 1. The highest BCUT2D eigenvalue weighted by Gasteiger charge is 2.31. The lowest BCUT2D eigenvalue weighted by molar-refractivity contribution is -0.132. The molecule has 2 aromatic rings. The Morgan fingerprint density at radius 3 is 3.00 bits per heavy atom. The van der Waals surface area contributed by atoms with Gasteiger partial charge in [-0.15, -0.1) is 11.3 Å². The van der Waals surface area contributed by atoms with Crippen LogP contribution in [0.5, 0.6) is 0 Å². The van der Waals surface area contributed by atoms with Gasteiger partial charge in [0, 0.05) is 27.2 Å². The highest BCUT2D eigenvalue weighted by Crippen LogP contribution is 2.33. The average molecular weight is 290 g/mol. The van der Waals surface area contributed by atoms with Crippen LogP contribution in [0.3, 0.4) is 0 Å². The van der Waals surface area contributed by atoms with Crippen LogP contribution in [0.2, 0.25) is 0 Å². The summed E-state index contributed by atoms with van der Waals surface area (Å²) in [5.41, 5.74) is 2.22. The van der Waals surface area contributed by atoms with Crippen molar-refractivity contribution in [1.29, 1.82) is 0 Å². The number of hydrogen-bond donors (Lipinski definition) is 0. The Balaban J connectivity index is 1.88. The van der Waals surface area contributed by atoms with Crippen molar-refractivity contribution in [2.24, 2.45) is 5.92 Å². The van der Waals surface area contributed by atoms with Gasteiger partial charge in [-0.1, -0.05) is 0 Å². The molecule has 20 heavy (non-hydrogen) atoms. The second kappa shape index (κ2) is 5.01. The maximum absolute atomic E-state index is 12.1. The van der Waals surface area contributed by atoms with Gasteiger partial charge in [0.25, 0.3) is 0 Å². The fourth-order valence-electron chi connectivity index (χ4n) is 2.70. The molecule has 0 aromatic carbocycles. The van der Waals surface area contributed by atoms with Gasteiger partial charge >= 0.3 is 0 Å². The van der Waals surface area contributed by atoms with E-state index in [4.69, 9.17) is 0 Å². The number of carbonyl (C=O) groups excluding carboxylic acids is 1. The second-order valence-corrected chi connectivity index (χ2v) is 6.34. The van der Waals surface area contributed by atoms with Crippen molar-refractivity contribution in [3.63, 3.8) is 0 Å². The molecule has 0 saturated carbocycles. The third kappa shape index (κ3) is 2.14. The standard InChI is InChI=1S/C14H18N4OS/c1-9-7-20-12-11(9)15-8-16-13(12)18-5-4-10(6-18)14(19)17(2)3/h7-8,10H,4-6H2,1-3H3. The molecule has 2 aromatic heterocycles. The van der Waals surface area contributed by atoms with Crippen LogP contribution in [-0.2, 0) is 4.79 Å². The van der Waals surface area contributed by atoms with E-state index >= 15 is 0 Å². The van der Waals surface area contributed by atoms with Crippen LogP contribution < -0.4 is 4.90 Å². The summed E-state index contributed by atoms with van der Waals surface area (Å²) in [5.74, 6) is 1.26. The van der Waals surface area contributed by atoms with E-state index in [1.165, 1.54) is 5.56 Å². The molecule has 0 N–H and O–H groups in total. The van der Waals surface area contributed by atoms with Crippen LogP contribution in [-0.4, -0.2) is 48.0 Å². The number of carbonyl (C=O) groups is 1. The van der Waals surface area contributed by atoms with Crippen molar-refractivity contribution >= 4 is 33.3 Å². The van der Waals surface area contributed by atoms with Gasteiger partial charge in [0.15, 0.2) is 0 Å². The number of hydrogen-bond acceptors (Lipinski definition) is 5. The van der Waals surface area contributed by atoms with Crippen molar-refractivity contribution in [3.05, 3.63) is 17.3 Å². The Morgan fingerprint density at radius 1 is 1.45 bits per heavy atom. The van der Waals surface area contributed by atoms with Gasteiger partial charge in [-0.25, -0.2) is 9.97 Å². The molecule has 1 atom stereocenters. The van der Waals surface area contributed by atoms with E-state index in [-0.39, 0.29) is 11.8 Å². The molecule has 1 aliphatic heterocycles. The number of aromatic nitrogens is 2. The summed E-state index contributed by atoms with van der Waals surface area (Å²) in [6, 6.07) is 0. The Morgan fingerprint density at radius 2 is 2.25 bits per heavy atom. The quantitative estimate of drug-likeness (QED) is 0.848. The number of rotatable bonds is 2. The van der Waals surface area contributed by atoms with Gasteiger partial charge in [0.2, 0.25) is 5.91 Å². The topological polar surface area (TPSA) is 49.3 Å².